The van der Waals surface area contributed by atoms with Crippen LogP contribution in [-0.2, 0) is 22.4 Å². The van der Waals surface area contributed by atoms with Crippen molar-refractivity contribution in [1.82, 2.24) is 4.98 Å². The minimum atomic E-state index is -0.789. The van der Waals surface area contributed by atoms with Crippen molar-refractivity contribution >= 4 is 39.7 Å². The number of hydrogen-bond acceptors (Lipinski definition) is 6. The highest BCUT2D eigenvalue weighted by Crippen LogP contribution is 2.31. The van der Waals surface area contributed by atoms with Gasteiger partial charge in [0.25, 0.3) is 5.91 Å². The van der Waals surface area contributed by atoms with E-state index in [0.717, 1.165) is 25.0 Å². The first-order valence-corrected chi connectivity index (χ1v) is 9.04. The molecule has 7 nitrogen and oxygen atoms in total. The number of primary amides is 1. The van der Waals surface area contributed by atoms with Crippen LogP contribution in [0.25, 0.3) is 0 Å². The lowest BCUT2D eigenvalue weighted by atomic mass is 10.1. The molecule has 3 N–H and O–H groups in total. The molecule has 1 aromatic carbocycles. The number of hydrazone groups is 1. The van der Waals surface area contributed by atoms with Gasteiger partial charge in [-0.15, -0.1) is 11.3 Å². The number of anilines is 2. The molecule has 0 bridgehead atoms. The van der Waals surface area contributed by atoms with Crippen molar-refractivity contribution < 1.29 is 14.0 Å². The van der Waals surface area contributed by atoms with E-state index in [1.165, 1.54) is 45.5 Å². The van der Waals surface area contributed by atoms with E-state index in [2.05, 4.69) is 15.4 Å². The number of aryl methyl sites for hydroxylation is 2. The van der Waals surface area contributed by atoms with Crippen LogP contribution in [0.2, 0.25) is 0 Å². The van der Waals surface area contributed by atoms with E-state index in [4.69, 9.17) is 5.73 Å². The summed E-state index contributed by atoms with van der Waals surface area (Å²) in [5.41, 5.74) is 7.17. The molecule has 0 unspecified atom stereocenters. The van der Waals surface area contributed by atoms with Gasteiger partial charge in [0.05, 0.1) is 11.4 Å². The van der Waals surface area contributed by atoms with E-state index in [0.29, 0.717) is 10.8 Å². The van der Waals surface area contributed by atoms with E-state index in [-0.39, 0.29) is 12.1 Å². The first-order chi connectivity index (χ1) is 12.5. The number of carbonyl (C=O) groups is 2. The van der Waals surface area contributed by atoms with Crippen LogP contribution < -0.4 is 16.1 Å². The SMILES string of the molecule is NC(=O)[C@H]1CC(C(=O)Nc2nc3c(s2)CCC3)=NN1c1ccc(F)cc1. The predicted molar refractivity (Wildman–Crippen MR) is 96.7 cm³/mol. The number of nitrogens with one attached hydrogen (secondary N) is 1. The van der Waals surface area contributed by atoms with Crippen LogP contribution in [0.3, 0.4) is 0 Å². The van der Waals surface area contributed by atoms with Crippen LogP contribution in [0, 0.1) is 5.82 Å². The zero-order valence-electron chi connectivity index (χ0n) is 13.7. The molecule has 1 aliphatic carbocycles. The molecular weight excluding hydrogens is 357 g/mol. The molecule has 0 saturated heterocycles. The van der Waals surface area contributed by atoms with Gasteiger partial charge in [-0.25, -0.2) is 9.37 Å². The number of halogens is 1. The molecule has 26 heavy (non-hydrogen) atoms. The fourth-order valence-electron chi connectivity index (χ4n) is 3.11. The smallest absolute Gasteiger partial charge is 0.273 e. The highest BCUT2D eigenvalue weighted by Gasteiger charge is 2.35. The maximum atomic E-state index is 13.1. The normalized spacial score (nSPS) is 18.6. The fraction of sp³-hybridized carbons (Fsp3) is 0.294. The van der Waals surface area contributed by atoms with Crippen LogP contribution in [0.15, 0.2) is 29.4 Å². The number of fused-ring (bicyclic) bond motifs is 1. The van der Waals surface area contributed by atoms with Gasteiger partial charge in [-0.1, -0.05) is 0 Å². The summed E-state index contributed by atoms with van der Waals surface area (Å²) >= 11 is 1.47. The lowest BCUT2D eigenvalue weighted by Crippen LogP contribution is -2.39. The molecule has 1 aliphatic heterocycles. The minimum absolute atomic E-state index is 0.0869. The molecule has 1 aromatic heterocycles. The number of benzene rings is 1. The lowest BCUT2D eigenvalue weighted by molar-refractivity contribution is -0.119. The summed E-state index contributed by atoms with van der Waals surface area (Å²) in [7, 11) is 0. The van der Waals surface area contributed by atoms with Crippen LogP contribution in [0.1, 0.15) is 23.4 Å². The Morgan fingerprint density at radius 3 is 2.73 bits per heavy atom. The Kier molecular flexibility index (Phi) is 4.15. The van der Waals surface area contributed by atoms with E-state index < -0.39 is 23.7 Å². The van der Waals surface area contributed by atoms with Gasteiger partial charge in [0.15, 0.2) is 5.13 Å². The summed E-state index contributed by atoms with van der Waals surface area (Å²) in [5.74, 6) is -1.41. The Morgan fingerprint density at radius 1 is 1.27 bits per heavy atom. The van der Waals surface area contributed by atoms with E-state index in [9.17, 15) is 14.0 Å². The zero-order chi connectivity index (χ0) is 18.3. The summed E-state index contributed by atoms with van der Waals surface area (Å²) in [6.45, 7) is 0. The number of thiazole rings is 1. The largest absolute Gasteiger partial charge is 0.368 e. The first kappa shape index (κ1) is 16.6. The zero-order valence-corrected chi connectivity index (χ0v) is 14.6. The van der Waals surface area contributed by atoms with Gasteiger partial charge >= 0.3 is 0 Å². The number of nitrogens with zero attached hydrogens (tertiary/aromatic N) is 3. The van der Waals surface area contributed by atoms with Gasteiger partial charge in [-0.05, 0) is 43.5 Å². The number of rotatable bonds is 4. The molecule has 2 heterocycles. The van der Waals surface area contributed by atoms with E-state index >= 15 is 0 Å². The maximum absolute atomic E-state index is 13.1. The number of amides is 2. The van der Waals surface area contributed by atoms with Crippen LogP contribution >= 0.6 is 11.3 Å². The molecule has 4 rings (SSSR count). The molecule has 9 heteroatoms. The summed E-state index contributed by atoms with van der Waals surface area (Å²) in [6, 6.07) is 4.71. The summed E-state index contributed by atoms with van der Waals surface area (Å²) in [6.07, 6.45) is 3.11. The van der Waals surface area contributed by atoms with Crippen molar-refractivity contribution in [3.8, 4) is 0 Å². The quantitative estimate of drug-likeness (QED) is 0.854. The minimum Gasteiger partial charge on any atom is -0.368 e. The standard InChI is InChI=1S/C17H16FN5O2S/c18-9-4-6-10(7-5-9)23-13(15(19)24)8-12(22-23)16(25)21-17-20-11-2-1-3-14(11)26-17/h4-7,13H,1-3,8H2,(H2,19,24)(H,20,21,25)/t13-/m1/s1. The number of aromatic nitrogens is 1. The van der Waals surface area contributed by atoms with Gasteiger partial charge < -0.3 is 5.73 Å². The molecule has 0 fully saturated rings. The molecule has 0 saturated carbocycles. The van der Waals surface area contributed by atoms with E-state index in [1.54, 1.807) is 0 Å². The topological polar surface area (TPSA) is 101 Å². The number of nitrogens with two attached hydrogens (primary N) is 1. The first-order valence-electron chi connectivity index (χ1n) is 8.23. The Bertz CT molecular complexity index is 887. The molecule has 0 spiro atoms. The lowest BCUT2D eigenvalue weighted by Gasteiger charge is -2.20. The van der Waals surface area contributed by atoms with Crippen LogP contribution in [0.4, 0.5) is 15.2 Å². The third-order valence-electron chi connectivity index (χ3n) is 4.41. The fourth-order valence-corrected chi connectivity index (χ4v) is 4.16. The third-order valence-corrected chi connectivity index (χ3v) is 5.48. The molecule has 0 radical (unpaired) electrons. The number of carbonyl (C=O) groups excluding carboxylic acids is 2. The second kappa shape index (κ2) is 6.49. The third kappa shape index (κ3) is 3.05. The Balaban J connectivity index is 1.54. The van der Waals surface area contributed by atoms with Gasteiger partial charge in [-0.3, -0.25) is 19.9 Å². The van der Waals surface area contributed by atoms with Gasteiger partial charge in [-0.2, -0.15) is 5.10 Å². The van der Waals surface area contributed by atoms with Gasteiger partial charge in [0.1, 0.15) is 17.6 Å². The summed E-state index contributed by atoms with van der Waals surface area (Å²) in [4.78, 5) is 29.9. The van der Waals surface area contributed by atoms with Crippen molar-refractivity contribution in [3.63, 3.8) is 0 Å². The molecule has 134 valence electrons. The van der Waals surface area contributed by atoms with Gasteiger partial charge in [0.2, 0.25) is 5.91 Å². The summed E-state index contributed by atoms with van der Waals surface area (Å²) in [5, 5.41) is 8.89. The number of hydrogen-bond donors (Lipinski definition) is 2. The Morgan fingerprint density at radius 2 is 2.04 bits per heavy atom. The predicted octanol–water partition coefficient (Wildman–Crippen LogP) is 1.83. The second-order valence-corrected chi connectivity index (χ2v) is 7.27. The average molecular weight is 373 g/mol. The maximum Gasteiger partial charge on any atom is 0.273 e. The highest BCUT2D eigenvalue weighted by atomic mass is 32.1. The van der Waals surface area contributed by atoms with Crippen molar-refractivity contribution in [2.24, 2.45) is 10.8 Å². The molecule has 2 amide bonds. The molecule has 2 aliphatic rings. The Hall–Kier alpha value is -2.81. The summed E-state index contributed by atoms with van der Waals surface area (Å²) < 4.78 is 13.1. The van der Waals surface area contributed by atoms with E-state index in [1.807, 2.05) is 0 Å². The van der Waals surface area contributed by atoms with Crippen molar-refractivity contribution in [1.29, 1.82) is 0 Å². The molecular formula is C17H16FN5O2S. The van der Waals surface area contributed by atoms with Gasteiger partial charge in [0, 0.05) is 11.3 Å². The Labute approximate surface area is 152 Å². The van der Waals surface area contributed by atoms with Crippen LogP contribution in [-0.4, -0.2) is 28.6 Å². The van der Waals surface area contributed by atoms with Crippen molar-refractivity contribution in [2.75, 3.05) is 10.3 Å². The molecule has 2 aromatic rings. The van der Waals surface area contributed by atoms with Crippen LogP contribution in [0.5, 0.6) is 0 Å². The second-order valence-electron chi connectivity index (χ2n) is 6.19. The van der Waals surface area contributed by atoms with Crippen molar-refractivity contribution in [3.05, 3.63) is 40.7 Å². The average Bonchev–Trinajstić information content (AvgIpc) is 3.29. The molecule has 1 atom stereocenters. The monoisotopic (exact) mass is 373 g/mol. The van der Waals surface area contributed by atoms with Crippen molar-refractivity contribution in [2.45, 2.75) is 31.7 Å². The highest BCUT2D eigenvalue weighted by molar-refractivity contribution is 7.16.